The molecule has 1 rings (SSSR count). The summed E-state index contributed by atoms with van der Waals surface area (Å²) < 4.78 is 42.1. The van der Waals surface area contributed by atoms with E-state index in [9.17, 15) is 18.0 Å². The van der Waals surface area contributed by atoms with Gasteiger partial charge in [0.2, 0.25) is 0 Å². The van der Waals surface area contributed by atoms with Gasteiger partial charge in [-0.2, -0.15) is 18.4 Å². The van der Waals surface area contributed by atoms with Crippen molar-refractivity contribution >= 4 is 5.91 Å². The van der Waals surface area contributed by atoms with E-state index < -0.39 is 24.6 Å². The van der Waals surface area contributed by atoms with E-state index in [1.807, 2.05) is 6.07 Å². The molecule has 120 valence electrons. The van der Waals surface area contributed by atoms with Crippen LogP contribution in [-0.2, 0) is 4.79 Å². The lowest BCUT2D eigenvalue weighted by atomic mass is 10.2. The van der Waals surface area contributed by atoms with Crippen molar-refractivity contribution in [3.8, 4) is 11.8 Å². The quantitative estimate of drug-likeness (QED) is 0.810. The summed E-state index contributed by atoms with van der Waals surface area (Å²) in [4.78, 5) is 13.2. The second-order valence-electron chi connectivity index (χ2n) is 4.68. The third-order valence-electron chi connectivity index (χ3n) is 3.00. The Kier molecular flexibility index (Phi) is 6.23. The van der Waals surface area contributed by atoms with Gasteiger partial charge >= 0.3 is 6.18 Å². The molecule has 0 bridgehead atoms. The van der Waals surface area contributed by atoms with Crippen molar-refractivity contribution in [1.29, 1.82) is 5.26 Å². The molecule has 0 aliphatic carbocycles. The zero-order valence-corrected chi connectivity index (χ0v) is 12.4. The van der Waals surface area contributed by atoms with E-state index in [-0.39, 0.29) is 13.1 Å². The number of amides is 1. The predicted octanol–water partition coefficient (Wildman–Crippen LogP) is 3.13. The van der Waals surface area contributed by atoms with Gasteiger partial charge in [-0.15, -0.1) is 0 Å². The highest BCUT2D eigenvalue weighted by molar-refractivity contribution is 5.80. The SMILES string of the molecule is CCN(CCC(F)(F)F)C(=O)[C@H](C)Oc1ccc(C#N)cc1. The lowest BCUT2D eigenvalue weighted by Crippen LogP contribution is -2.41. The second kappa shape index (κ2) is 7.69. The average molecular weight is 314 g/mol. The number of likely N-dealkylation sites (N-methyl/N-ethyl adjacent to an activating group) is 1. The van der Waals surface area contributed by atoms with E-state index in [1.165, 1.54) is 31.2 Å². The summed E-state index contributed by atoms with van der Waals surface area (Å²) in [6.45, 7) is 2.88. The van der Waals surface area contributed by atoms with Gasteiger partial charge in [-0.05, 0) is 38.1 Å². The summed E-state index contributed by atoms with van der Waals surface area (Å²) >= 11 is 0. The lowest BCUT2D eigenvalue weighted by Gasteiger charge is -2.25. The van der Waals surface area contributed by atoms with Crippen LogP contribution in [0.25, 0.3) is 0 Å². The molecule has 0 aliphatic rings. The molecule has 22 heavy (non-hydrogen) atoms. The topological polar surface area (TPSA) is 53.3 Å². The number of hydrogen-bond donors (Lipinski definition) is 0. The molecule has 1 aromatic rings. The van der Waals surface area contributed by atoms with Crippen molar-refractivity contribution in [1.82, 2.24) is 4.90 Å². The van der Waals surface area contributed by atoms with Crippen molar-refractivity contribution in [2.45, 2.75) is 32.5 Å². The Balaban J connectivity index is 2.63. The zero-order valence-electron chi connectivity index (χ0n) is 12.4. The van der Waals surface area contributed by atoms with Crippen LogP contribution >= 0.6 is 0 Å². The van der Waals surface area contributed by atoms with Crippen molar-refractivity contribution in [3.05, 3.63) is 29.8 Å². The van der Waals surface area contributed by atoms with E-state index in [4.69, 9.17) is 10.00 Å². The van der Waals surface area contributed by atoms with Crippen LogP contribution in [0.5, 0.6) is 5.75 Å². The zero-order chi connectivity index (χ0) is 16.8. The van der Waals surface area contributed by atoms with Crippen molar-refractivity contribution < 1.29 is 22.7 Å². The first-order chi connectivity index (χ1) is 10.3. The summed E-state index contributed by atoms with van der Waals surface area (Å²) in [6, 6.07) is 8.09. The Labute approximate surface area is 127 Å². The largest absolute Gasteiger partial charge is 0.481 e. The van der Waals surface area contributed by atoms with Crippen molar-refractivity contribution in [3.63, 3.8) is 0 Å². The molecule has 1 atom stereocenters. The second-order valence-corrected chi connectivity index (χ2v) is 4.68. The van der Waals surface area contributed by atoms with Gasteiger partial charge in [-0.25, -0.2) is 0 Å². The molecule has 0 unspecified atom stereocenters. The minimum absolute atomic E-state index is 0.177. The summed E-state index contributed by atoms with van der Waals surface area (Å²) in [5, 5.41) is 8.68. The minimum Gasteiger partial charge on any atom is -0.481 e. The van der Waals surface area contributed by atoms with Crippen LogP contribution in [0.15, 0.2) is 24.3 Å². The first kappa shape index (κ1) is 17.8. The van der Waals surface area contributed by atoms with Crippen molar-refractivity contribution in [2.24, 2.45) is 0 Å². The van der Waals surface area contributed by atoms with E-state index in [2.05, 4.69) is 0 Å². The molecule has 7 heteroatoms. The molecule has 0 N–H and O–H groups in total. The molecule has 1 aromatic carbocycles. The minimum atomic E-state index is -4.30. The highest BCUT2D eigenvalue weighted by Crippen LogP contribution is 2.20. The maximum absolute atomic E-state index is 12.2. The van der Waals surface area contributed by atoms with Gasteiger partial charge in [-0.1, -0.05) is 0 Å². The van der Waals surface area contributed by atoms with Gasteiger partial charge in [0.25, 0.3) is 5.91 Å². The number of benzene rings is 1. The predicted molar refractivity (Wildman–Crippen MR) is 74.2 cm³/mol. The standard InChI is InChI=1S/C15H17F3N2O2/c1-3-20(9-8-15(16,17)18)14(21)11(2)22-13-6-4-12(10-19)5-7-13/h4-7,11H,3,8-9H2,1-2H3/t11-/m0/s1. The van der Waals surface area contributed by atoms with Crippen molar-refractivity contribution in [2.75, 3.05) is 13.1 Å². The van der Waals surface area contributed by atoms with Crippen LogP contribution < -0.4 is 4.74 Å². The van der Waals surface area contributed by atoms with E-state index in [0.29, 0.717) is 11.3 Å². The number of halogens is 3. The number of rotatable bonds is 6. The Morgan fingerprint density at radius 1 is 1.36 bits per heavy atom. The van der Waals surface area contributed by atoms with Crippen LogP contribution in [0.4, 0.5) is 13.2 Å². The molecule has 0 heterocycles. The van der Waals surface area contributed by atoms with E-state index in [1.54, 1.807) is 6.92 Å². The van der Waals surface area contributed by atoms with Crippen LogP contribution in [-0.4, -0.2) is 36.2 Å². The Morgan fingerprint density at radius 2 is 1.95 bits per heavy atom. The number of carbonyl (C=O) groups is 1. The Hall–Kier alpha value is -2.23. The maximum Gasteiger partial charge on any atom is 0.390 e. The highest BCUT2D eigenvalue weighted by atomic mass is 19.4. The average Bonchev–Trinajstić information content (AvgIpc) is 2.47. The fourth-order valence-electron chi connectivity index (χ4n) is 1.81. The number of nitriles is 1. The fourth-order valence-corrected chi connectivity index (χ4v) is 1.81. The van der Waals surface area contributed by atoms with Gasteiger partial charge in [0.05, 0.1) is 18.1 Å². The summed E-state index contributed by atoms with van der Waals surface area (Å²) in [7, 11) is 0. The molecule has 0 saturated heterocycles. The third-order valence-corrected chi connectivity index (χ3v) is 3.00. The van der Waals surface area contributed by atoms with E-state index >= 15 is 0 Å². The Morgan fingerprint density at radius 3 is 2.41 bits per heavy atom. The molecule has 0 fully saturated rings. The molecule has 4 nitrogen and oxygen atoms in total. The lowest BCUT2D eigenvalue weighted by molar-refractivity contribution is -0.148. The van der Waals surface area contributed by atoms with Gasteiger partial charge in [0.1, 0.15) is 5.75 Å². The normalized spacial score (nSPS) is 12.4. The monoisotopic (exact) mass is 314 g/mol. The molecule has 0 saturated carbocycles. The number of alkyl halides is 3. The van der Waals surface area contributed by atoms with Crippen LogP contribution in [0.1, 0.15) is 25.8 Å². The molecule has 0 spiro atoms. The molecule has 0 radical (unpaired) electrons. The summed E-state index contributed by atoms with van der Waals surface area (Å²) in [6.07, 6.45) is -6.25. The maximum atomic E-state index is 12.2. The molecule has 0 aliphatic heterocycles. The third kappa shape index (κ3) is 5.64. The van der Waals surface area contributed by atoms with Crippen LogP contribution in [0.3, 0.4) is 0 Å². The first-order valence-corrected chi connectivity index (χ1v) is 6.79. The first-order valence-electron chi connectivity index (χ1n) is 6.79. The van der Waals surface area contributed by atoms with Crippen LogP contribution in [0.2, 0.25) is 0 Å². The molecular formula is C15H17F3N2O2. The number of carbonyl (C=O) groups excluding carboxylic acids is 1. The number of ether oxygens (including phenoxy) is 1. The van der Waals surface area contributed by atoms with Crippen LogP contribution in [0, 0.1) is 11.3 Å². The van der Waals surface area contributed by atoms with Gasteiger partial charge in [-0.3, -0.25) is 4.79 Å². The molecule has 0 aromatic heterocycles. The summed E-state index contributed by atoms with van der Waals surface area (Å²) in [5.74, 6) is -0.122. The molecule has 1 amide bonds. The van der Waals surface area contributed by atoms with Gasteiger partial charge in [0, 0.05) is 13.1 Å². The van der Waals surface area contributed by atoms with E-state index in [0.717, 1.165) is 4.90 Å². The number of nitrogens with zero attached hydrogens (tertiary/aromatic N) is 2. The summed E-state index contributed by atoms with van der Waals surface area (Å²) in [5.41, 5.74) is 0.451. The fraction of sp³-hybridized carbons (Fsp3) is 0.467. The number of hydrogen-bond acceptors (Lipinski definition) is 3. The smallest absolute Gasteiger partial charge is 0.390 e. The molecular weight excluding hydrogens is 297 g/mol. The van der Waals surface area contributed by atoms with Gasteiger partial charge < -0.3 is 9.64 Å². The highest BCUT2D eigenvalue weighted by Gasteiger charge is 2.30. The van der Waals surface area contributed by atoms with Gasteiger partial charge in [0.15, 0.2) is 6.10 Å². The Bertz CT molecular complexity index is 535.